The number of nitrogens with zero attached hydrogens (tertiary/aromatic N) is 4. The van der Waals surface area contributed by atoms with E-state index in [-0.39, 0.29) is 43.6 Å². The lowest BCUT2D eigenvalue weighted by Crippen LogP contribution is -2.52. The molecule has 3 heterocycles. The highest BCUT2D eigenvalue weighted by atomic mass is 16.6. The number of likely N-dealkylation sites (tertiary alicyclic amines) is 1. The molecule has 10 heteroatoms. The molecule has 2 aliphatic rings. The summed E-state index contributed by atoms with van der Waals surface area (Å²) in [6.45, 7) is 8.95. The molecule has 2 aromatic rings. The Labute approximate surface area is 223 Å². The molecule has 4 rings (SSSR count). The van der Waals surface area contributed by atoms with Crippen molar-refractivity contribution < 1.29 is 28.6 Å². The fourth-order valence-corrected chi connectivity index (χ4v) is 4.54. The third-order valence-corrected chi connectivity index (χ3v) is 6.60. The first-order valence-corrected chi connectivity index (χ1v) is 12.9. The molecular weight excluding hydrogens is 488 g/mol. The Bertz CT molecular complexity index is 1170. The van der Waals surface area contributed by atoms with Crippen molar-refractivity contribution in [2.75, 3.05) is 31.6 Å². The number of urea groups is 1. The maximum absolute atomic E-state index is 13.4. The summed E-state index contributed by atoms with van der Waals surface area (Å²) in [5, 5.41) is 0. The molecule has 1 aromatic carbocycles. The van der Waals surface area contributed by atoms with Crippen LogP contribution in [-0.4, -0.2) is 71.3 Å². The molecule has 2 fully saturated rings. The zero-order valence-corrected chi connectivity index (χ0v) is 22.7. The van der Waals surface area contributed by atoms with E-state index in [4.69, 9.17) is 14.2 Å². The van der Waals surface area contributed by atoms with Crippen molar-refractivity contribution in [3.05, 3.63) is 47.7 Å². The Morgan fingerprint density at radius 1 is 1.05 bits per heavy atom. The number of carbonyl (C=O) groups is 3. The predicted octanol–water partition coefficient (Wildman–Crippen LogP) is 4.54. The summed E-state index contributed by atoms with van der Waals surface area (Å²) in [5.41, 5.74) is 1.70. The Balaban J connectivity index is 1.42. The molecule has 0 atom stereocenters. The normalized spacial score (nSPS) is 17.0. The minimum atomic E-state index is -0.535. The molecule has 0 radical (unpaired) electrons. The summed E-state index contributed by atoms with van der Waals surface area (Å²) < 4.78 is 16.9. The molecule has 10 nitrogen and oxygen atoms in total. The van der Waals surface area contributed by atoms with Gasteiger partial charge < -0.3 is 19.1 Å². The van der Waals surface area contributed by atoms with Crippen molar-refractivity contribution in [1.82, 2.24) is 14.8 Å². The molecule has 0 aliphatic carbocycles. The van der Waals surface area contributed by atoms with Gasteiger partial charge in [-0.05, 0) is 51.5 Å². The van der Waals surface area contributed by atoms with E-state index in [1.807, 2.05) is 39.8 Å². The molecule has 2 saturated heterocycles. The molecule has 0 saturated carbocycles. The maximum atomic E-state index is 13.4. The molecule has 204 valence electrons. The fraction of sp³-hybridized carbons (Fsp3) is 0.500. The minimum Gasteiger partial charge on any atom is -0.497 e. The molecule has 0 N–H and O–H groups in total. The molecule has 1 aromatic heterocycles. The quantitative estimate of drug-likeness (QED) is 0.547. The van der Waals surface area contributed by atoms with E-state index in [1.54, 1.807) is 41.3 Å². The van der Waals surface area contributed by atoms with Crippen LogP contribution in [0.15, 0.2) is 36.5 Å². The number of aromatic nitrogens is 1. The highest BCUT2D eigenvalue weighted by molar-refractivity contribution is 6.06. The number of hydrogen-bond acceptors (Lipinski definition) is 7. The molecule has 0 unspecified atom stereocenters. The lowest BCUT2D eigenvalue weighted by atomic mass is 10.1. The van der Waals surface area contributed by atoms with Gasteiger partial charge in [0.05, 0.1) is 19.3 Å². The molecule has 0 bridgehead atoms. The van der Waals surface area contributed by atoms with Gasteiger partial charge in [0, 0.05) is 50.7 Å². The minimum absolute atomic E-state index is 0.111. The Morgan fingerprint density at radius 2 is 1.74 bits per heavy atom. The van der Waals surface area contributed by atoms with Crippen LogP contribution in [0.2, 0.25) is 0 Å². The number of ether oxygens (including phenoxy) is 3. The van der Waals surface area contributed by atoms with E-state index >= 15 is 0 Å². The summed E-state index contributed by atoms with van der Waals surface area (Å²) in [7, 11) is 1.59. The van der Waals surface area contributed by atoms with Crippen LogP contribution in [0.25, 0.3) is 0 Å². The lowest BCUT2D eigenvalue weighted by molar-refractivity contribution is -0.129. The number of hydrogen-bond donors (Lipinski definition) is 0. The number of methoxy groups -OCH3 is 1. The molecule has 38 heavy (non-hydrogen) atoms. The van der Waals surface area contributed by atoms with E-state index in [9.17, 15) is 14.4 Å². The average molecular weight is 525 g/mol. The second-order valence-corrected chi connectivity index (χ2v) is 10.6. The number of rotatable bonds is 6. The number of carbonyl (C=O) groups excluding carboxylic acids is 3. The zero-order chi connectivity index (χ0) is 27.4. The summed E-state index contributed by atoms with van der Waals surface area (Å²) >= 11 is 0. The second-order valence-electron chi connectivity index (χ2n) is 10.6. The van der Waals surface area contributed by atoms with Gasteiger partial charge in [-0.1, -0.05) is 12.1 Å². The first-order valence-electron chi connectivity index (χ1n) is 12.9. The molecule has 4 amide bonds. The highest BCUT2D eigenvalue weighted by Crippen LogP contribution is 2.31. The van der Waals surface area contributed by atoms with Gasteiger partial charge in [0.2, 0.25) is 11.8 Å². The first-order chi connectivity index (χ1) is 18.1. The largest absolute Gasteiger partial charge is 0.497 e. The van der Waals surface area contributed by atoms with Gasteiger partial charge in [0.1, 0.15) is 17.5 Å². The Hall–Kier alpha value is -3.82. The highest BCUT2D eigenvalue weighted by Gasteiger charge is 2.34. The number of pyridine rings is 1. The topological polar surface area (TPSA) is 102 Å². The number of imide groups is 1. The Morgan fingerprint density at radius 3 is 2.37 bits per heavy atom. The van der Waals surface area contributed by atoms with Crippen LogP contribution in [-0.2, 0) is 16.1 Å². The number of benzene rings is 1. The first kappa shape index (κ1) is 27.2. The van der Waals surface area contributed by atoms with Crippen molar-refractivity contribution in [2.24, 2.45) is 0 Å². The van der Waals surface area contributed by atoms with Gasteiger partial charge in [-0.2, -0.15) is 0 Å². The van der Waals surface area contributed by atoms with Gasteiger partial charge >= 0.3 is 12.1 Å². The van der Waals surface area contributed by atoms with E-state index < -0.39 is 5.60 Å². The average Bonchev–Trinajstić information content (AvgIpc) is 2.88. The fourth-order valence-electron chi connectivity index (χ4n) is 4.54. The van der Waals surface area contributed by atoms with Crippen molar-refractivity contribution in [3.8, 4) is 11.6 Å². The van der Waals surface area contributed by atoms with Crippen molar-refractivity contribution in [3.63, 3.8) is 0 Å². The van der Waals surface area contributed by atoms with Crippen LogP contribution < -0.4 is 14.4 Å². The van der Waals surface area contributed by atoms with Gasteiger partial charge in [0.15, 0.2) is 0 Å². The van der Waals surface area contributed by atoms with Crippen molar-refractivity contribution in [1.29, 1.82) is 0 Å². The van der Waals surface area contributed by atoms with E-state index in [2.05, 4.69) is 4.98 Å². The second kappa shape index (κ2) is 11.3. The smallest absolute Gasteiger partial charge is 0.410 e. The van der Waals surface area contributed by atoms with Crippen LogP contribution in [0.3, 0.4) is 0 Å². The number of amides is 4. The third-order valence-electron chi connectivity index (χ3n) is 6.60. The van der Waals surface area contributed by atoms with Crippen molar-refractivity contribution >= 4 is 23.7 Å². The Kier molecular flexibility index (Phi) is 8.08. The van der Waals surface area contributed by atoms with Crippen molar-refractivity contribution in [2.45, 2.75) is 65.2 Å². The molecular formula is C28H36N4O6. The van der Waals surface area contributed by atoms with Gasteiger partial charge in [-0.25, -0.2) is 14.6 Å². The van der Waals surface area contributed by atoms with Crippen LogP contribution in [0.5, 0.6) is 11.6 Å². The summed E-state index contributed by atoms with van der Waals surface area (Å²) in [6.07, 6.45) is 2.72. The monoisotopic (exact) mass is 524 g/mol. The van der Waals surface area contributed by atoms with E-state index in [1.165, 1.54) is 4.90 Å². The summed E-state index contributed by atoms with van der Waals surface area (Å²) in [4.78, 5) is 47.4. The van der Waals surface area contributed by atoms with Crippen LogP contribution in [0, 0.1) is 6.92 Å². The van der Waals surface area contributed by atoms with Gasteiger partial charge in [-0.15, -0.1) is 0 Å². The van der Waals surface area contributed by atoms with Gasteiger partial charge in [-0.3, -0.25) is 14.6 Å². The number of anilines is 1. The summed E-state index contributed by atoms with van der Waals surface area (Å²) in [6, 6.07) is 8.70. The standard InChI is InChI=1S/C28H36N4O6/c1-19-23(31-17-13-24(33)32(26(31)34)18-20-6-8-21(36-5)9-7-20)10-14-29-25(19)37-22-11-15-30(16-12-22)27(35)38-28(2,3)4/h6-10,14,22H,11-13,15-18H2,1-5H3. The van der Waals surface area contributed by atoms with Crippen LogP contribution in [0.4, 0.5) is 15.3 Å². The molecule has 2 aliphatic heterocycles. The van der Waals surface area contributed by atoms with Crippen LogP contribution in [0.1, 0.15) is 51.2 Å². The lowest BCUT2D eigenvalue weighted by Gasteiger charge is -2.35. The van der Waals surface area contributed by atoms with Crippen LogP contribution >= 0.6 is 0 Å². The number of piperidine rings is 1. The zero-order valence-electron chi connectivity index (χ0n) is 22.7. The van der Waals surface area contributed by atoms with E-state index in [0.717, 1.165) is 11.1 Å². The SMILES string of the molecule is COc1ccc(CN2C(=O)CCN(c3ccnc(OC4CCN(C(=O)OC(C)(C)C)CC4)c3C)C2=O)cc1. The molecule has 0 spiro atoms. The maximum Gasteiger partial charge on any atom is 0.410 e. The van der Waals surface area contributed by atoms with Gasteiger partial charge in [0.25, 0.3) is 0 Å². The summed E-state index contributed by atoms with van der Waals surface area (Å²) in [5.74, 6) is 0.953. The van der Waals surface area contributed by atoms with E-state index in [0.29, 0.717) is 43.2 Å². The third kappa shape index (κ3) is 6.35. The predicted molar refractivity (Wildman–Crippen MR) is 141 cm³/mol.